The molecular weight excluding hydrogens is 292 g/mol. The maximum atomic E-state index is 12.2. The summed E-state index contributed by atoms with van der Waals surface area (Å²) in [6, 6.07) is 5.07. The highest BCUT2D eigenvalue weighted by atomic mass is 32.2. The average Bonchev–Trinajstić information content (AvgIpc) is 2.45. The van der Waals surface area contributed by atoms with Crippen LogP contribution < -0.4 is 4.72 Å². The Morgan fingerprint density at radius 3 is 2.24 bits per heavy atom. The van der Waals surface area contributed by atoms with Crippen molar-refractivity contribution in [2.24, 2.45) is 0 Å². The summed E-state index contributed by atoms with van der Waals surface area (Å²) in [7, 11) is -2.15. The molecule has 2 N–H and O–H groups in total. The van der Waals surface area contributed by atoms with Crippen LogP contribution >= 0.6 is 0 Å². The van der Waals surface area contributed by atoms with Crippen LogP contribution in [0.2, 0.25) is 0 Å². The molecule has 2 atom stereocenters. The number of rotatable bonds is 6. The van der Waals surface area contributed by atoms with Gasteiger partial charge in [-0.2, -0.15) is 4.72 Å². The maximum absolute atomic E-state index is 12.2. The molecule has 1 rings (SSSR count). The Labute approximate surface area is 125 Å². The lowest BCUT2D eigenvalue weighted by Crippen LogP contribution is -2.45. The number of aliphatic hydroxyl groups excluding tert-OH is 1. The lowest BCUT2D eigenvalue weighted by molar-refractivity contribution is -0.131. The Morgan fingerprint density at radius 2 is 1.81 bits per heavy atom. The Bertz CT molecular complexity index is 581. The van der Waals surface area contributed by atoms with Crippen molar-refractivity contribution in [3.05, 3.63) is 29.8 Å². The molecule has 1 amide bonds. The molecule has 7 heteroatoms. The third kappa shape index (κ3) is 4.52. The van der Waals surface area contributed by atoms with Crippen LogP contribution in [0.3, 0.4) is 0 Å². The molecule has 2 unspecified atom stereocenters. The molecule has 118 valence electrons. The number of carbonyl (C=O) groups excluding carboxylic acids is 1. The van der Waals surface area contributed by atoms with Crippen molar-refractivity contribution in [1.82, 2.24) is 9.62 Å². The monoisotopic (exact) mass is 314 g/mol. The van der Waals surface area contributed by atoms with Gasteiger partial charge >= 0.3 is 0 Å². The van der Waals surface area contributed by atoms with E-state index in [1.165, 1.54) is 24.0 Å². The fraction of sp³-hybridized carbons (Fsp3) is 0.500. The summed E-state index contributed by atoms with van der Waals surface area (Å²) in [4.78, 5) is 13.4. The molecule has 1 aromatic rings. The molecule has 6 nitrogen and oxygen atoms in total. The minimum atomic E-state index is -3.77. The summed E-state index contributed by atoms with van der Waals surface area (Å²) in [5, 5.41) is 9.41. The first-order chi connectivity index (χ1) is 9.69. The second-order valence-corrected chi connectivity index (χ2v) is 6.65. The third-order valence-electron chi connectivity index (χ3n) is 3.23. The molecule has 21 heavy (non-hydrogen) atoms. The molecule has 0 aliphatic carbocycles. The minimum absolute atomic E-state index is 0.0608. The molecule has 0 fully saturated rings. The van der Waals surface area contributed by atoms with E-state index >= 15 is 0 Å². The fourth-order valence-electron chi connectivity index (χ4n) is 1.76. The van der Waals surface area contributed by atoms with Crippen molar-refractivity contribution < 1.29 is 18.3 Å². The van der Waals surface area contributed by atoms with Crippen molar-refractivity contribution in [3.8, 4) is 0 Å². The molecule has 0 spiro atoms. The van der Waals surface area contributed by atoms with Crippen LogP contribution in [0.4, 0.5) is 0 Å². The summed E-state index contributed by atoms with van der Waals surface area (Å²) in [6.07, 6.45) is -0.659. The van der Waals surface area contributed by atoms with Gasteiger partial charge in [0.05, 0.1) is 17.0 Å². The molecular formula is C14H22N2O4S. The van der Waals surface area contributed by atoms with Gasteiger partial charge in [0.25, 0.3) is 0 Å². The third-order valence-corrected chi connectivity index (χ3v) is 4.78. The second kappa shape index (κ2) is 7.02. The topological polar surface area (TPSA) is 86.7 Å². The quantitative estimate of drug-likeness (QED) is 0.816. The normalized spacial score (nSPS) is 14.5. The van der Waals surface area contributed by atoms with Gasteiger partial charge in [0.15, 0.2) is 0 Å². The smallest absolute Gasteiger partial charge is 0.241 e. The van der Waals surface area contributed by atoms with Crippen molar-refractivity contribution in [1.29, 1.82) is 0 Å². The van der Waals surface area contributed by atoms with Gasteiger partial charge in [0.2, 0.25) is 15.9 Å². The van der Waals surface area contributed by atoms with Gasteiger partial charge in [-0.05, 0) is 38.5 Å². The van der Waals surface area contributed by atoms with Crippen molar-refractivity contribution in [2.45, 2.75) is 37.8 Å². The van der Waals surface area contributed by atoms with Crippen LogP contribution in [-0.2, 0) is 14.8 Å². The van der Waals surface area contributed by atoms with Crippen LogP contribution in [0.15, 0.2) is 29.2 Å². The summed E-state index contributed by atoms with van der Waals surface area (Å²) in [6.45, 7) is 5.43. The fourth-order valence-corrected chi connectivity index (χ4v) is 2.96. The number of sulfonamides is 1. The van der Waals surface area contributed by atoms with Gasteiger partial charge in [0, 0.05) is 13.6 Å². The van der Waals surface area contributed by atoms with Crippen LogP contribution in [0.25, 0.3) is 0 Å². The van der Waals surface area contributed by atoms with Gasteiger partial charge in [-0.25, -0.2) is 8.42 Å². The molecule has 0 aliphatic rings. The van der Waals surface area contributed by atoms with E-state index in [4.69, 9.17) is 0 Å². The van der Waals surface area contributed by atoms with Crippen LogP contribution in [0.1, 0.15) is 32.4 Å². The van der Waals surface area contributed by atoms with E-state index in [9.17, 15) is 18.3 Å². The lowest BCUT2D eigenvalue weighted by Gasteiger charge is -2.20. The number of benzene rings is 1. The standard InChI is InChI=1S/C14H22N2O4S/c1-5-16(4)14(18)10(2)15-21(19,20)13-8-6-12(7-9-13)11(3)17/h6-11,15,17H,5H2,1-4H3. The highest BCUT2D eigenvalue weighted by molar-refractivity contribution is 7.89. The molecule has 1 aromatic carbocycles. The summed E-state index contributed by atoms with van der Waals surface area (Å²) in [5.41, 5.74) is 0.629. The summed E-state index contributed by atoms with van der Waals surface area (Å²) >= 11 is 0. The Kier molecular flexibility index (Phi) is 5.88. The van der Waals surface area contributed by atoms with Crippen LogP contribution in [-0.4, -0.2) is 44.0 Å². The van der Waals surface area contributed by atoms with E-state index in [0.717, 1.165) is 0 Å². The van der Waals surface area contributed by atoms with Crippen molar-refractivity contribution in [2.75, 3.05) is 13.6 Å². The van der Waals surface area contributed by atoms with Crippen LogP contribution in [0, 0.1) is 0 Å². The van der Waals surface area contributed by atoms with E-state index in [2.05, 4.69) is 4.72 Å². The maximum Gasteiger partial charge on any atom is 0.241 e. The van der Waals surface area contributed by atoms with Gasteiger partial charge in [0.1, 0.15) is 0 Å². The van der Waals surface area contributed by atoms with Gasteiger partial charge in [-0.3, -0.25) is 4.79 Å². The number of aliphatic hydroxyl groups is 1. The largest absolute Gasteiger partial charge is 0.389 e. The van der Waals surface area contributed by atoms with E-state index in [0.29, 0.717) is 12.1 Å². The lowest BCUT2D eigenvalue weighted by atomic mass is 10.1. The molecule has 0 bridgehead atoms. The molecule has 0 saturated carbocycles. The zero-order valence-corrected chi connectivity index (χ0v) is 13.5. The van der Waals surface area contributed by atoms with E-state index in [-0.39, 0.29) is 10.8 Å². The van der Waals surface area contributed by atoms with Crippen LogP contribution in [0.5, 0.6) is 0 Å². The highest BCUT2D eigenvalue weighted by Gasteiger charge is 2.23. The van der Waals surface area contributed by atoms with Gasteiger partial charge in [-0.1, -0.05) is 12.1 Å². The molecule has 0 aromatic heterocycles. The summed E-state index contributed by atoms with van der Waals surface area (Å²) in [5.74, 6) is -0.290. The zero-order valence-electron chi connectivity index (χ0n) is 12.7. The number of hydrogen-bond acceptors (Lipinski definition) is 4. The van der Waals surface area contributed by atoms with E-state index in [1.54, 1.807) is 26.1 Å². The molecule has 0 radical (unpaired) electrons. The first kappa shape index (κ1) is 17.6. The van der Waals surface area contributed by atoms with Gasteiger partial charge in [-0.15, -0.1) is 0 Å². The van der Waals surface area contributed by atoms with E-state index < -0.39 is 22.2 Å². The summed E-state index contributed by atoms with van der Waals surface area (Å²) < 4.78 is 26.7. The first-order valence-electron chi connectivity index (χ1n) is 6.74. The first-order valence-corrected chi connectivity index (χ1v) is 8.22. The highest BCUT2D eigenvalue weighted by Crippen LogP contribution is 2.16. The SMILES string of the molecule is CCN(C)C(=O)C(C)NS(=O)(=O)c1ccc(C(C)O)cc1. The average molecular weight is 314 g/mol. The Hall–Kier alpha value is -1.44. The number of amides is 1. The molecule has 0 aliphatic heterocycles. The predicted molar refractivity (Wildman–Crippen MR) is 80.2 cm³/mol. The van der Waals surface area contributed by atoms with Crippen molar-refractivity contribution >= 4 is 15.9 Å². The Morgan fingerprint density at radius 1 is 1.29 bits per heavy atom. The number of carbonyl (C=O) groups is 1. The zero-order chi connectivity index (χ0) is 16.2. The minimum Gasteiger partial charge on any atom is -0.389 e. The van der Waals surface area contributed by atoms with Crippen molar-refractivity contribution in [3.63, 3.8) is 0 Å². The Balaban J connectivity index is 2.89. The van der Waals surface area contributed by atoms with E-state index in [1.807, 2.05) is 6.92 Å². The predicted octanol–water partition coefficient (Wildman–Crippen LogP) is 0.885. The number of nitrogens with zero attached hydrogens (tertiary/aromatic N) is 1. The molecule has 0 heterocycles. The van der Waals surface area contributed by atoms with Gasteiger partial charge < -0.3 is 10.0 Å². The number of nitrogens with one attached hydrogen (secondary N) is 1. The second-order valence-electron chi connectivity index (χ2n) is 4.94. The molecule has 0 saturated heterocycles. The number of likely N-dealkylation sites (N-methyl/N-ethyl adjacent to an activating group) is 1. The number of hydrogen-bond donors (Lipinski definition) is 2.